The maximum absolute atomic E-state index is 13.2. The fourth-order valence-electron chi connectivity index (χ4n) is 5.16. The number of fused-ring (bicyclic) bond motifs is 6. The number of aryl methyl sites for hydroxylation is 1. The quantitative estimate of drug-likeness (QED) is 0.273. The number of benzene rings is 3. The van der Waals surface area contributed by atoms with Crippen LogP contribution in [0.2, 0.25) is 0 Å². The molecule has 198 valence electrons. The zero-order chi connectivity index (χ0) is 27.5. The van der Waals surface area contributed by atoms with E-state index in [2.05, 4.69) is 44.8 Å². The molecule has 0 spiro atoms. The molecule has 7 nitrogen and oxygen atoms in total. The summed E-state index contributed by atoms with van der Waals surface area (Å²) >= 11 is 0. The van der Waals surface area contributed by atoms with Gasteiger partial charge in [-0.25, -0.2) is 14.6 Å². The molecule has 3 aromatic heterocycles. The van der Waals surface area contributed by atoms with Crippen LogP contribution in [0.5, 0.6) is 5.75 Å². The summed E-state index contributed by atoms with van der Waals surface area (Å²) < 4.78 is 13.6. The minimum Gasteiger partial charge on any atom is -0.508 e. The van der Waals surface area contributed by atoms with E-state index < -0.39 is 11.3 Å². The van der Waals surface area contributed by atoms with E-state index in [0.717, 1.165) is 52.4 Å². The second-order valence-electron chi connectivity index (χ2n) is 11.3. The smallest absolute Gasteiger partial charge is 0.360 e. The number of aromatic nitrogens is 2. The molecule has 3 heterocycles. The van der Waals surface area contributed by atoms with E-state index in [1.807, 2.05) is 16.5 Å². The largest absolute Gasteiger partial charge is 0.508 e. The highest BCUT2D eigenvalue weighted by atomic mass is 16.4. The molecule has 0 aliphatic carbocycles. The molecule has 0 saturated carbocycles. The normalized spacial score (nSPS) is 12.3. The number of unbranched alkanes of at least 4 members (excludes halogenated alkanes) is 1. The van der Waals surface area contributed by atoms with Gasteiger partial charge in [0.15, 0.2) is 11.2 Å². The molecular weight excluding hydrogens is 492 g/mol. The molecule has 0 amide bonds. The van der Waals surface area contributed by atoms with Crippen LogP contribution in [0, 0.1) is 0 Å². The molecule has 6 aromatic rings. The molecule has 0 atom stereocenters. The van der Waals surface area contributed by atoms with Gasteiger partial charge in [0.05, 0.1) is 11.0 Å². The Hall–Kier alpha value is -4.39. The summed E-state index contributed by atoms with van der Waals surface area (Å²) in [7, 11) is 0. The topological polar surface area (TPSA) is 98.0 Å². The van der Waals surface area contributed by atoms with Gasteiger partial charge in [-0.2, -0.15) is 0 Å². The first-order valence-corrected chi connectivity index (χ1v) is 13.3. The van der Waals surface area contributed by atoms with Gasteiger partial charge in [-0.05, 0) is 65.3 Å². The summed E-state index contributed by atoms with van der Waals surface area (Å²) in [4.78, 5) is 30.7. The first-order chi connectivity index (χ1) is 18.6. The highest BCUT2D eigenvalue weighted by Crippen LogP contribution is 2.33. The molecule has 0 radical (unpaired) electrons. The van der Waals surface area contributed by atoms with E-state index in [0.29, 0.717) is 22.2 Å². The summed E-state index contributed by atoms with van der Waals surface area (Å²) in [6, 6.07) is 16.3. The third-order valence-electron chi connectivity index (χ3n) is 7.34. The van der Waals surface area contributed by atoms with Crippen LogP contribution in [-0.2, 0) is 18.3 Å². The van der Waals surface area contributed by atoms with E-state index in [9.17, 15) is 14.7 Å². The summed E-state index contributed by atoms with van der Waals surface area (Å²) in [5.74, 6) is 0.157. The molecule has 0 saturated heterocycles. The average molecular weight is 523 g/mol. The molecule has 0 fully saturated rings. The van der Waals surface area contributed by atoms with Crippen LogP contribution in [0.15, 0.2) is 73.0 Å². The first kappa shape index (κ1) is 24.9. The lowest BCUT2D eigenvalue weighted by Gasteiger charge is -2.21. The highest BCUT2D eigenvalue weighted by molar-refractivity contribution is 5.99. The Labute approximate surface area is 224 Å². The van der Waals surface area contributed by atoms with Gasteiger partial charge in [-0.1, -0.05) is 52.3 Å². The van der Waals surface area contributed by atoms with Crippen molar-refractivity contribution in [2.24, 2.45) is 0 Å². The molecule has 3 aromatic carbocycles. The number of phenolic OH excluding ortho intramolecular Hbond substituents is 1. The number of phenols is 1. The monoisotopic (exact) mass is 522 g/mol. The summed E-state index contributed by atoms with van der Waals surface area (Å²) in [6.07, 6.45) is 3.12. The Kier molecular flexibility index (Phi) is 5.83. The Balaban J connectivity index is 1.61. The van der Waals surface area contributed by atoms with Crippen LogP contribution in [0.1, 0.15) is 62.9 Å². The van der Waals surface area contributed by atoms with Crippen molar-refractivity contribution in [2.45, 2.75) is 58.8 Å². The van der Waals surface area contributed by atoms with Crippen molar-refractivity contribution < 1.29 is 13.9 Å². The predicted octanol–water partition coefficient (Wildman–Crippen LogP) is 6.64. The van der Waals surface area contributed by atoms with Crippen molar-refractivity contribution in [1.82, 2.24) is 9.38 Å². The standard InChI is InChI=1S/C32H30N2O5/c1-5-6-7-19-13-21(32(2,3)4)16-26-29(19)39-31(37)27-15-20-14-23-28(17-25(20)34(26)27)38-30(36)24(33-23)12-18-8-10-22(35)11-9-18/h8-11,13-17,35H,5-7,12H2,1-4H3. The van der Waals surface area contributed by atoms with E-state index in [1.165, 1.54) is 0 Å². The average Bonchev–Trinajstić information content (AvgIpc) is 3.26. The van der Waals surface area contributed by atoms with E-state index >= 15 is 0 Å². The number of nitrogens with zero attached hydrogens (tertiary/aromatic N) is 2. The van der Waals surface area contributed by atoms with Crippen LogP contribution in [-0.4, -0.2) is 14.5 Å². The molecule has 0 bridgehead atoms. The van der Waals surface area contributed by atoms with Crippen molar-refractivity contribution in [3.05, 3.63) is 97.8 Å². The van der Waals surface area contributed by atoms with Crippen molar-refractivity contribution in [2.75, 3.05) is 0 Å². The maximum atomic E-state index is 13.2. The molecular formula is C32H30N2O5. The molecule has 39 heavy (non-hydrogen) atoms. The molecule has 6 rings (SSSR count). The molecule has 0 aliphatic heterocycles. The minimum atomic E-state index is -0.517. The predicted molar refractivity (Wildman–Crippen MR) is 153 cm³/mol. The van der Waals surface area contributed by atoms with Gasteiger partial charge in [0.1, 0.15) is 22.5 Å². The van der Waals surface area contributed by atoms with Gasteiger partial charge < -0.3 is 13.9 Å². The third kappa shape index (κ3) is 4.38. The maximum Gasteiger partial charge on any atom is 0.360 e. The summed E-state index contributed by atoms with van der Waals surface area (Å²) in [5, 5.41) is 10.3. The lowest BCUT2D eigenvalue weighted by atomic mass is 9.85. The van der Waals surface area contributed by atoms with Crippen molar-refractivity contribution >= 4 is 38.6 Å². The Morgan fingerprint density at radius 2 is 1.67 bits per heavy atom. The van der Waals surface area contributed by atoms with Crippen molar-refractivity contribution in [3.8, 4) is 5.75 Å². The number of rotatable bonds is 5. The molecule has 0 unspecified atom stereocenters. The van der Waals surface area contributed by atoms with Gasteiger partial charge in [-0.15, -0.1) is 0 Å². The summed E-state index contributed by atoms with van der Waals surface area (Å²) in [5.41, 5.74) is 5.72. The third-order valence-corrected chi connectivity index (χ3v) is 7.34. The number of hydrogen-bond acceptors (Lipinski definition) is 6. The lowest BCUT2D eigenvalue weighted by molar-refractivity contribution is 0.475. The molecule has 0 aliphatic rings. The molecule has 7 heteroatoms. The van der Waals surface area contributed by atoms with Gasteiger partial charge in [0, 0.05) is 17.9 Å². The van der Waals surface area contributed by atoms with E-state index in [1.54, 1.807) is 30.3 Å². The first-order valence-electron chi connectivity index (χ1n) is 13.3. The Morgan fingerprint density at radius 3 is 2.38 bits per heavy atom. The van der Waals surface area contributed by atoms with E-state index in [4.69, 9.17) is 8.83 Å². The minimum absolute atomic E-state index is 0.0993. The fraction of sp³-hybridized carbons (Fsp3) is 0.281. The van der Waals surface area contributed by atoms with Crippen molar-refractivity contribution in [3.63, 3.8) is 0 Å². The van der Waals surface area contributed by atoms with Crippen LogP contribution in [0.25, 0.3) is 38.6 Å². The molecule has 1 N–H and O–H groups in total. The second-order valence-corrected chi connectivity index (χ2v) is 11.3. The van der Waals surface area contributed by atoms with Crippen LogP contribution < -0.4 is 11.3 Å². The fourth-order valence-corrected chi connectivity index (χ4v) is 5.16. The Morgan fingerprint density at radius 1 is 0.897 bits per heavy atom. The van der Waals surface area contributed by atoms with Gasteiger partial charge in [-0.3, -0.25) is 4.40 Å². The number of aromatic hydroxyl groups is 1. The van der Waals surface area contributed by atoms with Gasteiger partial charge in [0.25, 0.3) is 0 Å². The van der Waals surface area contributed by atoms with Gasteiger partial charge >= 0.3 is 11.3 Å². The highest BCUT2D eigenvalue weighted by Gasteiger charge is 2.21. The number of hydrogen-bond donors (Lipinski definition) is 1. The van der Waals surface area contributed by atoms with Gasteiger partial charge in [0.2, 0.25) is 0 Å². The second kappa shape index (κ2) is 9.12. The Bertz CT molecular complexity index is 2000. The zero-order valence-corrected chi connectivity index (χ0v) is 22.5. The van der Waals surface area contributed by atoms with Crippen LogP contribution >= 0.6 is 0 Å². The SMILES string of the molecule is CCCCc1cc(C(C)(C)C)cc2c1oc(=O)c1cc3cc4nc(Cc5ccc(O)cc5)c(=O)oc4cc3n12. The van der Waals surface area contributed by atoms with Crippen LogP contribution in [0.4, 0.5) is 0 Å². The van der Waals surface area contributed by atoms with E-state index in [-0.39, 0.29) is 23.3 Å². The summed E-state index contributed by atoms with van der Waals surface area (Å²) in [6.45, 7) is 8.66. The van der Waals surface area contributed by atoms with Crippen LogP contribution in [0.3, 0.4) is 0 Å². The lowest BCUT2D eigenvalue weighted by Crippen LogP contribution is -2.13. The zero-order valence-electron chi connectivity index (χ0n) is 22.5. The van der Waals surface area contributed by atoms with Crippen molar-refractivity contribution in [1.29, 1.82) is 0 Å².